The van der Waals surface area contributed by atoms with Crippen molar-refractivity contribution in [2.75, 3.05) is 0 Å². The minimum absolute atomic E-state index is 0.582. The number of rotatable bonds is 5. The highest BCUT2D eigenvalue weighted by Gasteiger charge is 2.20. The third-order valence-corrected chi connectivity index (χ3v) is 3.92. The zero-order valence-electron chi connectivity index (χ0n) is 12.3. The van der Waals surface area contributed by atoms with E-state index in [1.54, 1.807) is 0 Å². The number of ether oxygens (including phenoxy) is 1. The zero-order chi connectivity index (χ0) is 14.8. The average Bonchev–Trinajstić information content (AvgIpc) is 3.26. The SMILES string of the molecule is Cc1ccc(Oc2ccc(Cl)c(CNC3CC3)n2)c(C)c1. The number of halogens is 1. The number of aromatic nitrogens is 1. The fourth-order valence-corrected chi connectivity index (χ4v) is 2.37. The summed E-state index contributed by atoms with van der Waals surface area (Å²) in [6, 6.07) is 10.4. The molecule has 21 heavy (non-hydrogen) atoms. The van der Waals surface area contributed by atoms with Crippen molar-refractivity contribution in [3.8, 4) is 11.6 Å². The van der Waals surface area contributed by atoms with Crippen LogP contribution in [0.2, 0.25) is 5.02 Å². The Morgan fingerprint density at radius 1 is 1.24 bits per heavy atom. The van der Waals surface area contributed by atoms with Gasteiger partial charge in [0.25, 0.3) is 0 Å². The molecule has 4 heteroatoms. The zero-order valence-corrected chi connectivity index (χ0v) is 13.1. The maximum atomic E-state index is 6.20. The summed E-state index contributed by atoms with van der Waals surface area (Å²) in [5.41, 5.74) is 3.16. The summed E-state index contributed by atoms with van der Waals surface area (Å²) in [7, 11) is 0. The van der Waals surface area contributed by atoms with Crippen LogP contribution in [0.15, 0.2) is 30.3 Å². The Hall–Kier alpha value is -1.58. The highest BCUT2D eigenvalue weighted by Crippen LogP contribution is 2.27. The van der Waals surface area contributed by atoms with Gasteiger partial charge in [0.1, 0.15) is 5.75 Å². The molecule has 3 nitrogen and oxygen atoms in total. The maximum Gasteiger partial charge on any atom is 0.219 e. The highest BCUT2D eigenvalue weighted by molar-refractivity contribution is 6.31. The lowest BCUT2D eigenvalue weighted by molar-refractivity contribution is 0.456. The summed E-state index contributed by atoms with van der Waals surface area (Å²) in [4.78, 5) is 4.51. The van der Waals surface area contributed by atoms with Gasteiger partial charge in [0.15, 0.2) is 0 Å². The van der Waals surface area contributed by atoms with E-state index in [0.717, 1.165) is 17.0 Å². The van der Waals surface area contributed by atoms with Gasteiger partial charge < -0.3 is 10.1 Å². The van der Waals surface area contributed by atoms with E-state index >= 15 is 0 Å². The normalized spacial score (nSPS) is 14.2. The Labute approximate surface area is 130 Å². The predicted molar refractivity (Wildman–Crippen MR) is 85.1 cm³/mol. The van der Waals surface area contributed by atoms with Gasteiger partial charge in [-0.25, -0.2) is 4.98 Å². The molecule has 1 aromatic heterocycles. The van der Waals surface area contributed by atoms with E-state index in [0.29, 0.717) is 23.5 Å². The minimum atomic E-state index is 0.582. The van der Waals surface area contributed by atoms with Gasteiger partial charge in [0.05, 0.1) is 10.7 Å². The predicted octanol–water partition coefficient (Wildman–Crippen LogP) is 4.40. The first-order valence-corrected chi connectivity index (χ1v) is 7.63. The summed E-state index contributed by atoms with van der Waals surface area (Å²) in [5.74, 6) is 1.41. The first-order chi connectivity index (χ1) is 10.1. The summed E-state index contributed by atoms with van der Waals surface area (Å²) < 4.78 is 5.88. The molecular formula is C17H19ClN2O. The third kappa shape index (κ3) is 3.74. The number of benzene rings is 1. The van der Waals surface area contributed by atoms with Crippen LogP contribution in [0.25, 0.3) is 0 Å². The molecule has 1 aliphatic carbocycles. The molecule has 110 valence electrons. The molecule has 1 heterocycles. The minimum Gasteiger partial charge on any atom is -0.439 e. The Bertz CT molecular complexity index is 653. The molecule has 3 rings (SSSR count). The van der Waals surface area contributed by atoms with Crippen molar-refractivity contribution < 1.29 is 4.74 Å². The van der Waals surface area contributed by atoms with Gasteiger partial charge >= 0.3 is 0 Å². The second-order valence-corrected chi connectivity index (χ2v) is 6.01. The average molecular weight is 303 g/mol. The molecule has 1 N–H and O–H groups in total. The van der Waals surface area contributed by atoms with Crippen LogP contribution in [-0.2, 0) is 6.54 Å². The van der Waals surface area contributed by atoms with Gasteiger partial charge in [-0.2, -0.15) is 0 Å². The Kier molecular flexibility index (Phi) is 4.13. The van der Waals surface area contributed by atoms with Crippen LogP contribution in [0.1, 0.15) is 29.7 Å². The standard InChI is InChI=1S/C17H19ClN2O/c1-11-3-7-16(12(2)9-11)21-17-8-6-14(18)15(20-17)10-19-13-4-5-13/h3,6-9,13,19H,4-5,10H2,1-2H3. The van der Waals surface area contributed by atoms with E-state index < -0.39 is 0 Å². The van der Waals surface area contributed by atoms with E-state index in [2.05, 4.69) is 23.3 Å². The molecule has 0 saturated heterocycles. The Morgan fingerprint density at radius 2 is 2.05 bits per heavy atom. The smallest absolute Gasteiger partial charge is 0.219 e. The lowest BCUT2D eigenvalue weighted by Crippen LogP contribution is -2.16. The number of nitrogens with one attached hydrogen (secondary N) is 1. The van der Waals surface area contributed by atoms with Crippen molar-refractivity contribution in [3.05, 3.63) is 52.2 Å². The topological polar surface area (TPSA) is 34.1 Å². The number of pyridine rings is 1. The van der Waals surface area contributed by atoms with Crippen LogP contribution < -0.4 is 10.1 Å². The molecule has 0 atom stereocenters. The first-order valence-electron chi connectivity index (χ1n) is 7.26. The van der Waals surface area contributed by atoms with Crippen molar-refractivity contribution >= 4 is 11.6 Å². The van der Waals surface area contributed by atoms with Crippen molar-refractivity contribution in [1.29, 1.82) is 0 Å². The lowest BCUT2D eigenvalue weighted by Gasteiger charge is -2.11. The van der Waals surface area contributed by atoms with Crippen molar-refractivity contribution in [2.45, 2.75) is 39.3 Å². The highest BCUT2D eigenvalue weighted by atomic mass is 35.5. The van der Waals surface area contributed by atoms with Crippen molar-refractivity contribution in [1.82, 2.24) is 10.3 Å². The fourth-order valence-electron chi connectivity index (χ4n) is 2.20. The van der Waals surface area contributed by atoms with Crippen LogP contribution >= 0.6 is 11.6 Å². The van der Waals surface area contributed by atoms with Crippen LogP contribution in [0.5, 0.6) is 11.6 Å². The molecule has 0 spiro atoms. The number of nitrogens with zero attached hydrogens (tertiary/aromatic N) is 1. The van der Waals surface area contributed by atoms with E-state index in [4.69, 9.17) is 16.3 Å². The molecular weight excluding hydrogens is 284 g/mol. The number of hydrogen-bond acceptors (Lipinski definition) is 3. The van der Waals surface area contributed by atoms with Crippen LogP contribution in [-0.4, -0.2) is 11.0 Å². The quantitative estimate of drug-likeness (QED) is 0.889. The molecule has 0 aliphatic heterocycles. The summed E-state index contributed by atoms with van der Waals surface area (Å²) in [6.45, 7) is 4.79. The van der Waals surface area contributed by atoms with E-state index in [-0.39, 0.29) is 0 Å². The molecule has 0 amide bonds. The summed E-state index contributed by atoms with van der Waals surface area (Å²) in [6.07, 6.45) is 2.49. The number of hydrogen-bond donors (Lipinski definition) is 1. The van der Waals surface area contributed by atoms with Gasteiger partial charge in [0.2, 0.25) is 5.88 Å². The fraction of sp³-hybridized carbons (Fsp3) is 0.353. The monoisotopic (exact) mass is 302 g/mol. The van der Waals surface area contributed by atoms with Gasteiger partial charge in [-0.3, -0.25) is 0 Å². The largest absolute Gasteiger partial charge is 0.439 e. The second-order valence-electron chi connectivity index (χ2n) is 5.60. The molecule has 1 aliphatic rings. The van der Waals surface area contributed by atoms with Crippen LogP contribution in [0.4, 0.5) is 0 Å². The molecule has 1 aromatic carbocycles. The van der Waals surface area contributed by atoms with Crippen molar-refractivity contribution in [3.63, 3.8) is 0 Å². The molecule has 0 bridgehead atoms. The van der Waals surface area contributed by atoms with Gasteiger partial charge in [-0.15, -0.1) is 0 Å². The van der Waals surface area contributed by atoms with E-state index in [1.807, 2.05) is 31.2 Å². The van der Waals surface area contributed by atoms with Crippen LogP contribution in [0, 0.1) is 13.8 Å². The van der Waals surface area contributed by atoms with Crippen molar-refractivity contribution in [2.24, 2.45) is 0 Å². The van der Waals surface area contributed by atoms with E-state index in [9.17, 15) is 0 Å². The Morgan fingerprint density at radius 3 is 2.76 bits per heavy atom. The molecule has 0 radical (unpaired) electrons. The van der Waals surface area contributed by atoms with Gasteiger partial charge in [-0.05, 0) is 44.4 Å². The maximum absolute atomic E-state index is 6.20. The molecule has 1 saturated carbocycles. The summed E-state index contributed by atoms with van der Waals surface area (Å²) in [5, 5.41) is 4.10. The van der Waals surface area contributed by atoms with Gasteiger partial charge in [-0.1, -0.05) is 29.3 Å². The molecule has 2 aromatic rings. The summed E-state index contributed by atoms with van der Waals surface area (Å²) >= 11 is 6.20. The Balaban J connectivity index is 1.76. The molecule has 0 unspecified atom stereocenters. The second kappa shape index (κ2) is 6.04. The first kappa shape index (κ1) is 14.4. The van der Waals surface area contributed by atoms with E-state index in [1.165, 1.54) is 18.4 Å². The number of aryl methyl sites for hydroxylation is 2. The third-order valence-electron chi connectivity index (χ3n) is 3.57. The lowest BCUT2D eigenvalue weighted by atomic mass is 10.1. The molecule has 1 fully saturated rings. The van der Waals surface area contributed by atoms with Crippen LogP contribution in [0.3, 0.4) is 0 Å². The van der Waals surface area contributed by atoms with Gasteiger partial charge in [0, 0.05) is 18.7 Å².